The summed E-state index contributed by atoms with van der Waals surface area (Å²) in [5.74, 6) is -1.39. The molecule has 4 aromatic heterocycles. The SMILES string of the molecule is CC(C)(C)Nc1cc(COC(C)(C)C)ccc1CC1OC(C(=O)O)C(O)C(O)C1O.CC(C)(C)Nc1cc(COC(C)(C)C)ccc1CC1OC(CO)C(O)C(O)C1O.CC(C)(C)Nc1ccc(COC(C)(C)C)cc1.CC(C)(C)c1cn(C(C)(C)C)nn1.CC(C)(C)c1cn(C(C)(C)C)nn1.CC(C)(C)c1n[nH]n(C(C)(C)C)c1=O.CC(C)(C)c1n[nH]n(C(C)(C)C)c1=O. The lowest BCUT2D eigenvalue weighted by molar-refractivity contribution is -0.228. The first-order valence-electron chi connectivity index (χ1n) is 45.4. The van der Waals surface area contributed by atoms with Gasteiger partial charge in [-0.25, -0.2) is 33.9 Å². The quantitative estimate of drug-likeness (QED) is 0.0453. The van der Waals surface area contributed by atoms with Crippen molar-refractivity contribution in [2.75, 3.05) is 22.6 Å². The molecule has 10 atom stereocenters. The van der Waals surface area contributed by atoms with Gasteiger partial charge in [-0.15, -0.1) is 10.2 Å². The second-order valence-corrected chi connectivity index (χ2v) is 48.4. The number of ether oxygens (including phenoxy) is 5. The average molecular weight is 1830 g/mol. The van der Waals surface area contributed by atoms with Crippen molar-refractivity contribution in [2.45, 2.75) is 462 Å². The van der Waals surface area contributed by atoms with Gasteiger partial charge < -0.3 is 80.5 Å². The van der Waals surface area contributed by atoms with E-state index in [0.717, 1.165) is 50.7 Å². The number of H-pyrrole nitrogens is 2. The van der Waals surface area contributed by atoms with Gasteiger partial charge in [0.15, 0.2) is 6.10 Å². The molecular formula is C99H173N15O16. The van der Waals surface area contributed by atoms with Crippen molar-refractivity contribution >= 4 is 23.0 Å². The summed E-state index contributed by atoms with van der Waals surface area (Å²) in [6, 6.07) is 20.1. The topological polar surface area (TPSA) is 424 Å². The number of aliphatic carboxylic acids is 1. The number of hydrogen-bond donors (Lipinski definition) is 13. The maximum atomic E-state index is 11.9. The standard InChI is InChI=1S/C22H35NO7.C22H37NO6.C15H25NO.2C10H19N3O.2C10H19N3/c1-21(2,3)23-14-9-12(11-29-22(4,5)6)7-8-13(14)10-15-16(24)17(25)18(26)19(30-15)20(27)28;1-21(2,3)23-15-9-13(12-28-22(4,5)6)7-8-14(15)10-16-18(25)20(27)19(26)17(11-24)29-16;1-14(2,3)16-13-9-7-12(8-10-13)11-17-15(4,5)6;2*1-9(2,3)7-8(14)13(12-11-7)10(4,5)6;2*1-9(2,3)8-7-13(12-11-8)10(4,5)6/h7-9,15-19,23-26H,10-11H2,1-6H3,(H,27,28);7-9,16-20,23-27H,10-12H2,1-6H3;7-10,16H,11H2,1-6H3;2*12H,1-6H3;2*7H,1-6H3. The predicted octanol–water partition coefficient (Wildman–Crippen LogP) is 15.4. The van der Waals surface area contributed by atoms with Gasteiger partial charge in [-0.05, 0) is 260 Å². The summed E-state index contributed by atoms with van der Waals surface area (Å²) >= 11 is 0. The van der Waals surface area contributed by atoms with E-state index < -0.39 is 73.6 Å². The highest BCUT2D eigenvalue weighted by molar-refractivity contribution is 5.73. The molecule has 0 spiro atoms. The minimum Gasteiger partial charge on any atom is -0.479 e. The number of rotatable bonds is 15. The molecule has 740 valence electrons. The van der Waals surface area contributed by atoms with E-state index in [4.69, 9.17) is 23.7 Å². The van der Waals surface area contributed by atoms with Gasteiger partial charge in [0.05, 0.1) is 89.0 Å². The van der Waals surface area contributed by atoms with Gasteiger partial charge in [0.2, 0.25) is 0 Å². The summed E-state index contributed by atoms with van der Waals surface area (Å²) in [5, 5.41) is 120. The highest BCUT2D eigenvalue weighted by Gasteiger charge is 2.48. The van der Waals surface area contributed by atoms with Crippen LogP contribution in [0.2, 0.25) is 0 Å². The molecule has 2 aliphatic heterocycles. The fourth-order valence-corrected chi connectivity index (χ4v) is 12.3. The van der Waals surface area contributed by atoms with E-state index in [1.54, 1.807) is 9.36 Å². The summed E-state index contributed by atoms with van der Waals surface area (Å²) in [6.45, 7) is 87.3. The molecule has 2 aliphatic rings. The zero-order valence-electron chi connectivity index (χ0n) is 87.3. The lowest BCUT2D eigenvalue weighted by Gasteiger charge is -2.40. The van der Waals surface area contributed by atoms with Crippen molar-refractivity contribution in [1.82, 2.24) is 60.0 Å². The van der Waals surface area contributed by atoms with Crippen LogP contribution < -0.4 is 27.1 Å². The third-order valence-electron chi connectivity index (χ3n) is 19.6. The summed E-state index contributed by atoms with van der Waals surface area (Å²) in [7, 11) is 0. The largest absolute Gasteiger partial charge is 0.479 e. The van der Waals surface area contributed by atoms with Crippen LogP contribution in [0.4, 0.5) is 17.1 Å². The van der Waals surface area contributed by atoms with E-state index in [1.807, 2.05) is 204 Å². The Kier molecular flexibility index (Phi) is 40.3. The number of aromatic amines is 2. The molecule has 10 unspecified atom stereocenters. The first kappa shape index (κ1) is 116. The molecule has 2 fully saturated rings. The molecule has 7 aromatic rings. The van der Waals surface area contributed by atoms with Crippen LogP contribution in [0.3, 0.4) is 0 Å². The van der Waals surface area contributed by atoms with Gasteiger partial charge in [-0.3, -0.25) is 9.59 Å². The Hall–Kier alpha value is -7.79. The molecule has 3 aromatic carbocycles. The van der Waals surface area contributed by atoms with Crippen molar-refractivity contribution < 1.29 is 69.3 Å². The van der Waals surface area contributed by atoms with Gasteiger partial charge >= 0.3 is 5.97 Å². The number of carboxylic acid groups (broad SMARTS) is 1. The molecule has 0 bridgehead atoms. The monoisotopic (exact) mass is 1830 g/mol. The molecule has 0 amide bonds. The van der Waals surface area contributed by atoms with E-state index in [9.17, 15) is 55.2 Å². The Labute approximate surface area is 777 Å². The number of hydrogen-bond acceptors (Lipinski definition) is 24. The molecule has 31 heteroatoms. The van der Waals surface area contributed by atoms with Crippen molar-refractivity contribution in [1.29, 1.82) is 0 Å². The van der Waals surface area contributed by atoms with Crippen molar-refractivity contribution in [3.05, 3.63) is 144 Å². The number of aromatic nitrogens is 12. The Morgan fingerprint density at radius 1 is 0.392 bits per heavy atom. The third-order valence-corrected chi connectivity index (χ3v) is 19.6. The molecule has 0 aliphatic carbocycles. The molecule has 0 saturated carbocycles. The van der Waals surface area contributed by atoms with Crippen molar-refractivity contribution in [3.8, 4) is 0 Å². The molecular weight excluding hydrogens is 1660 g/mol. The van der Waals surface area contributed by atoms with Crippen molar-refractivity contribution in [3.63, 3.8) is 0 Å². The van der Waals surface area contributed by atoms with Crippen LogP contribution in [-0.4, -0.2) is 208 Å². The van der Waals surface area contributed by atoms with Gasteiger partial charge in [-0.1, -0.05) is 130 Å². The van der Waals surface area contributed by atoms with Crippen LogP contribution in [0, 0.1) is 0 Å². The lowest BCUT2D eigenvalue weighted by atomic mass is 9.90. The first-order chi connectivity index (χ1) is 58.3. The van der Waals surface area contributed by atoms with Crippen molar-refractivity contribution in [2.24, 2.45) is 0 Å². The zero-order valence-corrected chi connectivity index (χ0v) is 87.3. The van der Waals surface area contributed by atoms with Crippen LogP contribution >= 0.6 is 0 Å². The fraction of sp³-hybridized carbons (Fsp3) is 0.727. The zero-order chi connectivity index (χ0) is 101. The molecule has 2 saturated heterocycles. The molecule has 13 N–H and O–H groups in total. The number of carbonyl (C=O) groups is 1. The number of anilines is 3. The lowest BCUT2D eigenvalue weighted by Crippen LogP contribution is -2.60. The van der Waals surface area contributed by atoms with E-state index >= 15 is 0 Å². The van der Waals surface area contributed by atoms with Crippen LogP contribution in [0.5, 0.6) is 0 Å². The Bertz CT molecular complexity index is 4440. The molecule has 6 heterocycles. The molecule has 130 heavy (non-hydrogen) atoms. The molecule has 0 radical (unpaired) electrons. The normalized spacial score (nSPS) is 19.9. The molecule has 31 nitrogen and oxygen atoms in total. The first-order valence-corrected chi connectivity index (χ1v) is 45.4. The fourth-order valence-electron chi connectivity index (χ4n) is 12.3. The van der Waals surface area contributed by atoms with Crippen LogP contribution in [0.25, 0.3) is 0 Å². The van der Waals surface area contributed by atoms with Crippen LogP contribution in [0.1, 0.15) is 341 Å². The second-order valence-electron chi connectivity index (χ2n) is 48.4. The van der Waals surface area contributed by atoms with E-state index in [0.29, 0.717) is 37.6 Å². The smallest absolute Gasteiger partial charge is 0.335 e. The summed E-state index contributed by atoms with van der Waals surface area (Å²) < 4.78 is 35.5. The summed E-state index contributed by atoms with van der Waals surface area (Å²) in [4.78, 5) is 35.2. The van der Waals surface area contributed by atoms with Gasteiger partial charge in [0.25, 0.3) is 11.1 Å². The Morgan fingerprint density at radius 2 is 0.700 bits per heavy atom. The minimum absolute atomic E-state index is 0.0231. The van der Waals surface area contributed by atoms with Gasteiger partial charge in [0, 0.05) is 80.6 Å². The van der Waals surface area contributed by atoms with Crippen LogP contribution in [-0.2, 0) is 105 Å². The number of aliphatic hydroxyl groups excluding tert-OH is 7. The van der Waals surface area contributed by atoms with Gasteiger partial charge in [0.1, 0.15) is 54.1 Å². The molecule has 9 rings (SSSR count). The second kappa shape index (κ2) is 45.0. The Morgan fingerprint density at radius 3 is 0.954 bits per heavy atom. The number of nitrogens with one attached hydrogen (secondary N) is 5. The highest BCUT2D eigenvalue weighted by Crippen LogP contribution is 2.34. The van der Waals surface area contributed by atoms with E-state index in [-0.39, 0.29) is 94.8 Å². The number of carboxylic acids is 1. The average Bonchev–Trinajstić information content (AvgIpc) is 1.40. The predicted molar refractivity (Wildman–Crippen MR) is 519 cm³/mol. The van der Waals surface area contributed by atoms with E-state index in [2.05, 4.69) is 227 Å². The number of nitrogens with zero attached hydrogens (tertiary/aromatic N) is 10. The number of benzene rings is 3. The summed E-state index contributed by atoms with van der Waals surface area (Å²) in [5.41, 5.74) is 9.35. The minimum atomic E-state index is -1.70. The third kappa shape index (κ3) is 39.8. The highest BCUT2D eigenvalue weighted by atomic mass is 16.6. The van der Waals surface area contributed by atoms with Gasteiger partial charge in [-0.2, -0.15) is 10.2 Å². The summed E-state index contributed by atoms with van der Waals surface area (Å²) in [6.07, 6.45) is -8.40. The number of aliphatic hydroxyl groups is 7. The maximum Gasteiger partial charge on any atom is 0.335 e. The van der Waals surface area contributed by atoms with E-state index in [1.165, 1.54) is 5.56 Å². The van der Waals surface area contributed by atoms with Crippen LogP contribution in [0.15, 0.2) is 82.6 Å². The maximum absolute atomic E-state index is 11.9. The Balaban J connectivity index is 0.000000403.